The molecule has 166 valence electrons. The van der Waals surface area contributed by atoms with Crippen LogP contribution in [0, 0.1) is 17.8 Å². The Bertz CT molecular complexity index is 949. The van der Waals surface area contributed by atoms with E-state index < -0.39 is 5.60 Å². The van der Waals surface area contributed by atoms with Crippen molar-refractivity contribution in [2.24, 2.45) is 5.92 Å². The van der Waals surface area contributed by atoms with Crippen LogP contribution in [0.4, 0.5) is 0 Å². The molecule has 0 aliphatic heterocycles. The predicted octanol–water partition coefficient (Wildman–Crippen LogP) is 6.19. The summed E-state index contributed by atoms with van der Waals surface area (Å²) in [6.07, 6.45) is 4.43. The molecule has 0 saturated heterocycles. The molecule has 0 radical (unpaired) electrons. The lowest BCUT2D eigenvalue weighted by Gasteiger charge is -2.30. The van der Waals surface area contributed by atoms with Gasteiger partial charge < -0.3 is 5.11 Å². The highest BCUT2D eigenvalue weighted by atomic mass is 35.5. The van der Waals surface area contributed by atoms with Crippen molar-refractivity contribution in [1.29, 1.82) is 0 Å². The lowest BCUT2D eigenvalue weighted by Crippen LogP contribution is -2.32. The van der Waals surface area contributed by atoms with E-state index in [2.05, 4.69) is 65.3 Å². The summed E-state index contributed by atoms with van der Waals surface area (Å²) in [5.41, 5.74) is 2.40. The van der Waals surface area contributed by atoms with Gasteiger partial charge in [0, 0.05) is 19.0 Å². The highest BCUT2D eigenvalue weighted by Gasteiger charge is 2.38. The minimum Gasteiger partial charge on any atom is -0.373 e. The summed E-state index contributed by atoms with van der Waals surface area (Å²) in [5.74, 6) is 6.90. The fourth-order valence-corrected chi connectivity index (χ4v) is 4.58. The maximum Gasteiger partial charge on any atom is 0.153 e. The van der Waals surface area contributed by atoms with Crippen molar-refractivity contribution in [3.05, 3.63) is 108 Å². The zero-order valence-corrected chi connectivity index (χ0v) is 19.3. The summed E-state index contributed by atoms with van der Waals surface area (Å²) in [4.78, 5) is 2.34. The van der Waals surface area contributed by atoms with Crippen LogP contribution in [0.1, 0.15) is 42.4 Å². The number of rotatable bonds is 7. The quantitative estimate of drug-likeness (QED) is 0.438. The van der Waals surface area contributed by atoms with Crippen LogP contribution < -0.4 is 0 Å². The van der Waals surface area contributed by atoms with E-state index in [4.69, 9.17) is 0 Å². The molecular weight excluding hydrogens is 414 g/mol. The SMILES string of the molecule is Cl.OC(C#CCN(Cc1ccccc1)Cc1ccccc1)(c1ccccc1)C1CCCC1. The van der Waals surface area contributed by atoms with E-state index in [0.717, 1.165) is 31.5 Å². The van der Waals surface area contributed by atoms with Crippen LogP contribution >= 0.6 is 12.4 Å². The van der Waals surface area contributed by atoms with Crippen LogP contribution in [-0.4, -0.2) is 16.6 Å². The van der Waals surface area contributed by atoms with Crippen molar-refractivity contribution in [2.45, 2.75) is 44.4 Å². The second kappa shape index (κ2) is 11.9. The first-order valence-corrected chi connectivity index (χ1v) is 11.3. The van der Waals surface area contributed by atoms with Crippen molar-refractivity contribution in [3.63, 3.8) is 0 Å². The van der Waals surface area contributed by atoms with E-state index >= 15 is 0 Å². The van der Waals surface area contributed by atoms with Gasteiger partial charge in [-0.25, -0.2) is 0 Å². The minimum atomic E-state index is -1.07. The Kier molecular flexibility index (Phi) is 8.94. The van der Waals surface area contributed by atoms with Crippen LogP contribution in [0.15, 0.2) is 91.0 Å². The second-order valence-corrected chi connectivity index (χ2v) is 8.53. The van der Waals surface area contributed by atoms with Crippen LogP contribution in [0.25, 0.3) is 0 Å². The molecule has 1 atom stereocenters. The van der Waals surface area contributed by atoms with E-state index in [9.17, 15) is 5.11 Å². The summed E-state index contributed by atoms with van der Waals surface area (Å²) >= 11 is 0. The van der Waals surface area contributed by atoms with E-state index in [1.54, 1.807) is 0 Å². The first-order chi connectivity index (χ1) is 15.2. The van der Waals surface area contributed by atoms with Gasteiger partial charge in [0.1, 0.15) is 0 Å². The molecule has 1 fully saturated rings. The molecular formula is C29H32ClNO. The van der Waals surface area contributed by atoms with Gasteiger partial charge in [0.15, 0.2) is 5.60 Å². The summed E-state index contributed by atoms with van der Waals surface area (Å²) < 4.78 is 0. The average Bonchev–Trinajstić information content (AvgIpc) is 3.37. The maximum absolute atomic E-state index is 11.7. The predicted molar refractivity (Wildman–Crippen MR) is 134 cm³/mol. The largest absolute Gasteiger partial charge is 0.373 e. The van der Waals surface area contributed by atoms with Gasteiger partial charge in [0.2, 0.25) is 0 Å². The molecule has 3 aromatic rings. The Morgan fingerprint density at radius 2 is 1.22 bits per heavy atom. The van der Waals surface area contributed by atoms with E-state index in [1.165, 1.54) is 24.0 Å². The van der Waals surface area contributed by atoms with E-state index in [-0.39, 0.29) is 18.3 Å². The molecule has 1 N–H and O–H groups in total. The number of hydrogen-bond donors (Lipinski definition) is 1. The molecule has 32 heavy (non-hydrogen) atoms. The number of hydrogen-bond acceptors (Lipinski definition) is 2. The van der Waals surface area contributed by atoms with E-state index in [0.29, 0.717) is 6.54 Å². The highest BCUT2D eigenvalue weighted by Crippen LogP contribution is 2.40. The lowest BCUT2D eigenvalue weighted by molar-refractivity contribution is 0.0367. The van der Waals surface area contributed by atoms with Crippen molar-refractivity contribution in [3.8, 4) is 11.8 Å². The molecule has 2 nitrogen and oxygen atoms in total. The number of halogens is 1. The standard InChI is InChI=1S/C29H31NO.ClH/c31-29(28-19-10-11-20-28,27-17-8-3-9-18-27)21-12-22-30(23-25-13-4-1-5-14-25)24-26-15-6-2-7-16-26;/h1-9,13-18,28,31H,10-11,19-20,22-24H2;1H. The second-order valence-electron chi connectivity index (χ2n) is 8.53. The molecule has 0 amide bonds. The molecule has 1 aliphatic carbocycles. The number of nitrogens with zero attached hydrogens (tertiary/aromatic N) is 1. The van der Waals surface area contributed by atoms with Crippen molar-refractivity contribution < 1.29 is 5.11 Å². The molecule has 3 heteroatoms. The molecule has 1 saturated carbocycles. The van der Waals surface area contributed by atoms with Crippen molar-refractivity contribution in [1.82, 2.24) is 4.90 Å². The van der Waals surface area contributed by atoms with Crippen LogP contribution in [-0.2, 0) is 18.7 Å². The Balaban J connectivity index is 0.00000289. The normalized spacial score (nSPS) is 15.4. The van der Waals surface area contributed by atoms with Crippen molar-refractivity contribution >= 4 is 12.4 Å². The summed E-state index contributed by atoms with van der Waals surface area (Å²) in [6.45, 7) is 2.28. The summed E-state index contributed by atoms with van der Waals surface area (Å²) in [6, 6.07) is 31.0. The Morgan fingerprint density at radius 1 is 0.750 bits per heavy atom. The molecule has 0 aromatic heterocycles. The third-order valence-electron chi connectivity index (χ3n) is 6.24. The Hall–Kier alpha value is -2.57. The Morgan fingerprint density at radius 3 is 1.72 bits per heavy atom. The van der Waals surface area contributed by atoms with Gasteiger partial charge in [-0.15, -0.1) is 12.4 Å². The molecule has 1 aliphatic rings. The molecule has 0 heterocycles. The van der Waals surface area contributed by atoms with Gasteiger partial charge in [-0.1, -0.05) is 116 Å². The van der Waals surface area contributed by atoms with E-state index in [1.807, 2.05) is 42.5 Å². The fraction of sp³-hybridized carbons (Fsp3) is 0.310. The lowest BCUT2D eigenvalue weighted by atomic mass is 9.80. The zero-order chi connectivity index (χ0) is 21.4. The molecule has 0 spiro atoms. The van der Waals surface area contributed by atoms with Crippen LogP contribution in [0.2, 0.25) is 0 Å². The molecule has 0 bridgehead atoms. The van der Waals surface area contributed by atoms with Crippen molar-refractivity contribution in [2.75, 3.05) is 6.54 Å². The monoisotopic (exact) mass is 445 g/mol. The smallest absolute Gasteiger partial charge is 0.153 e. The van der Waals surface area contributed by atoms with Gasteiger partial charge in [0.05, 0.1) is 6.54 Å². The van der Waals surface area contributed by atoms with Gasteiger partial charge in [-0.3, -0.25) is 4.90 Å². The first kappa shape index (κ1) is 24.1. The minimum absolute atomic E-state index is 0. The molecule has 1 unspecified atom stereocenters. The van der Waals surface area contributed by atoms with Gasteiger partial charge in [-0.2, -0.15) is 0 Å². The summed E-state index contributed by atoms with van der Waals surface area (Å²) in [7, 11) is 0. The average molecular weight is 446 g/mol. The van der Waals surface area contributed by atoms with Crippen LogP contribution in [0.3, 0.4) is 0 Å². The highest BCUT2D eigenvalue weighted by molar-refractivity contribution is 5.85. The molecule has 3 aromatic carbocycles. The van der Waals surface area contributed by atoms with Crippen LogP contribution in [0.5, 0.6) is 0 Å². The number of aliphatic hydroxyl groups is 1. The summed E-state index contributed by atoms with van der Waals surface area (Å²) in [5, 5.41) is 11.7. The molecule has 4 rings (SSSR count). The first-order valence-electron chi connectivity index (χ1n) is 11.3. The van der Waals surface area contributed by atoms with Gasteiger partial charge in [-0.05, 0) is 29.5 Å². The zero-order valence-electron chi connectivity index (χ0n) is 18.5. The Labute approximate surface area is 198 Å². The van der Waals surface area contributed by atoms with Gasteiger partial charge >= 0.3 is 0 Å². The topological polar surface area (TPSA) is 23.5 Å². The fourth-order valence-electron chi connectivity index (χ4n) is 4.58. The van der Waals surface area contributed by atoms with Gasteiger partial charge in [0.25, 0.3) is 0 Å². The number of benzene rings is 3. The third-order valence-corrected chi connectivity index (χ3v) is 6.24. The maximum atomic E-state index is 11.7. The third kappa shape index (κ3) is 6.24.